The van der Waals surface area contributed by atoms with Crippen molar-refractivity contribution >= 4 is 11.6 Å². The first-order valence-corrected chi connectivity index (χ1v) is 7.51. The molecule has 0 aliphatic carbocycles. The zero-order valence-corrected chi connectivity index (χ0v) is 13.0. The Bertz CT molecular complexity index is 608. The summed E-state index contributed by atoms with van der Waals surface area (Å²) < 4.78 is 12.8. The Kier molecular flexibility index (Phi) is 5.67. The van der Waals surface area contributed by atoms with Crippen LogP contribution in [-0.2, 0) is 17.8 Å². The highest BCUT2D eigenvalue weighted by atomic mass is 19.1. The Morgan fingerprint density at radius 2 is 1.64 bits per heavy atom. The minimum atomic E-state index is -0.309. The van der Waals surface area contributed by atoms with Gasteiger partial charge in [-0.15, -0.1) is 0 Å². The van der Waals surface area contributed by atoms with Crippen molar-refractivity contribution in [1.82, 2.24) is 0 Å². The third-order valence-electron chi connectivity index (χ3n) is 3.53. The number of nitrogens with one attached hydrogen (secondary N) is 2. The first-order chi connectivity index (χ1) is 10.6. The van der Waals surface area contributed by atoms with Crippen LogP contribution in [0.1, 0.15) is 18.1 Å². The maximum atomic E-state index is 12.8. The fourth-order valence-corrected chi connectivity index (χ4v) is 2.32. The number of anilines is 1. The lowest BCUT2D eigenvalue weighted by Crippen LogP contribution is -3.08. The number of hydrogen-bond donors (Lipinski definition) is 2. The molecular formula is C18H22FN2O+. The summed E-state index contributed by atoms with van der Waals surface area (Å²) in [5.74, 6) is -0.384. The highest BCUT2D eigenvalue weighted by Crippen LogP contribution is 2.07. The molecule has 0 fully saturated rings. The first kappa shape index (κ1) is 16.2. The molecule has 1 atom stereocenters. The molecule has 2 N–H and O–H groups in total. The average molecular weight is 301 g/mol. The van der Waals surface area contributed by atoms with Gasteiger partial charge in [-0.2, -0.15) is 0 Å². The molecule has 2 rings (SSSR count). The van der Waals surface area contributed by atoms with Gasteiger partial charge in [0.2, 0.25) is 0 Å². The maximum Gasteiger partial charge on any atom is 0.279 e. The molecule has 0 spiro atoms. The predicted molar refractivity (Wildman–Crippen MR) is 86.3 cm³/mol. The number of aryl methyl sites for hydroxylation is 1. The minimum absolute atomic E-state index is 0.0747. The molecule has 2 aromatic carbocycles. The van der Waals surface area contributed by atoms with Crippen molar-refractivity contribution in [1.29, 1.82) is 0 Å². The van der Waals surface area contributed by atoms with Crippen molar-refractivity contribution in [2.24, 2.45) is 0 Å². The SMILES string of the molecule is CCc1ccc(C[NH+](C)CC(=O)Nc2ccc(F)cc2)cc1. The van der Waals surface area contributed by atoms with Gasteiger partial charge in [-0.05, 0) is 36.2 Å². The second-order valence-electron chi connectivity index (χ2n) is 5.54. The van der Waals surface area contributed by atoms with Crippen LogP contribution in [0.2, 0.25) is 0 Å². The summed E-state index contributed by atoms with van der Waals surface area (Å²) >= 11 is 0. The number of halogens is 1. The molecule has 1 unspecified atom stereocenters. The van der Waals surface area contributed by atoms with E-state index in [0.29, 0.717) is 12.2 Å². The van der Waals surface area contributed by atoms with Gasteiger partial charge in [0.15, 0.2) is 6.54 Å². The Morgan fingerprint density at radius 1 is 1.05 bits per heavy atom. The molecule has 0 aliphatic heterocycles. The van der Waals surface area contributed by atoms with Gasteiger partial charge in [0.25, 0.3) is 5.91 Å². The van der Waals surface area contributed by atoms with E-state index < -0.39 is 0 Å². The Hall–Kier alpha value is -2.20. The van der Waals surface area contributed by atoms with Gasteiger partial charge in [-0.25, -0.2) is 4.39 Å². The summed E-state index contributed by atoms with van der Waals surface area (Å²) in [6.45, 7) is 3.29. The van der Waals surface area contributed by atoms with Gasteiger partial charge in [-0.1, -0.05) is 31.2 Å². The number of quaternary nitrogens is 1. The van der Waals surface area contributed by atoms with Crippen LogP contribution in [-0.4, -0.2) is 19.5 Å². The predicted octanol–water partition coefficient (Wildman–Crippen LogP) is 2.04. The van der Waals surface area contributed by atoms with Crippen LogP contribution in [0.3, 0.4) is 0 Å². The maximum absolute atomic E-state index is 12.8. The molecule has 0 saturated heterocycles. The molecule has 1 amide bonds. The zero-order valence-electron chi connectivity index (χ0n) is 13.0. The van der Waals surface area contributed by atoms with Gasteiger partial charge in [0.1, 0.15) is 12.4 Å². The highest BCUT2D eigenvalue weighted by molar-refractivity contribution is 5.91. The van der Waals surface area contributed by atoms with Crippen LogP contribution in [0.4, 0.5) is 10.1 Å². The van der Waals surface area contributed by atoms with Crippen LogP contribution in [0.5, 0.6) is 0 Å². The van der Waals surface area contributed by atoms with Crippen LogP contribution in [0.25, 0.3) is 0 Å². The number of benzene rings is 2. The molecular weight excluding hydrogens is 279 g/mol. The fraction of sp³-hybridized carbons (Fsp3) is 0.278. The summed E-state index contributed by atoms with van der Waals surface area (Å²) in [5, 5.41) is 2.78. The molecule has 116 valence electrons. The van der Waals surface area contributed by atoms with Crippen molar-refractivity contribution in [2.45, 2.75) is 19.9 Å². The second-order valence-corrected chi connectivity index (χ2v) is 5.54. The van der Waals surface area contributed by atoms with E-state index in [1.165, 1.54) is 23.3 Å². The second kappa shape index (κ2) is 7.71. The molecule has 0 aromatic heterocycles. The topological polar surface area (TPSA) is 33.5 Å². The quantitative estimate of drug-likeness (QED) is 0.841. The molecule has 0 saturated carbocycles. The lowest BCUT2D eigenvalue weighted by atomic mass is 10.1. The number of likely N-dealkylation sites (N-methyl/N-ethyl adjacent to an activating group) is 1. The molecule has 22 heavy (non-hydrogen) atoms. The van der Waals surface area contributed by atoms with E-state index >= 15 is 0 Å². The molecule has 2 aromatic rings. The monoisotopic (exact) mass is 301 g/mol. The van der Waals surface area contributed by atoms with Crippen molar-refractivity contribution in [3.05, 3.63) is 65.5 Å². The summed E-state index contributed by atoms with van der Waals surface area (Å²) in [7, 11) is 1.98. The van der Waals surface area contributed by atoms with Crippen molar-refractivity contribution in [2.75, 3.05) is 18.9 Å². The van der Waals surface area contributed by atoms with E-state index in [1.54, 1.807) is 12.1 Å². The number of hydrogen-bond acceptors (Lipinski definition) is 1. The van der Waals surface area contributed by atoms with Gasteiger partial charge < -0.3 is 10.2 Å². The summed E-state index contributed by atoms with van der Waals surface area (Å²) in [6, 6.07) is 14.3. The fourth-order valence-electron chi connectivity index (χ4n) is 2.32. The number of carbonyl (C=O) groups is 1. The van der Waals surface area contributed by atoms with Crippen LogP contribution in [0, 0.1) is 5.82 Å². The lowest BCUT2D eigenvalue weighted by Gasteiger charge is -2.14. The van der Waals surface area contributed by atoms with E-state index in [4.69, 9.17) is 0 Å². The van der Waals surface area contributed by atoms with Gasteiger partial charge in [-0.3, -0.25) is 4.79 Å². The third-order valence-corrected chi connectivity index (χ3v) is 3.53. The number of carbonyl (C=O) groups excluding carboxylic acids is 1. The minimum Gasteiger partial charge on any atom is -0.326 e. The summed E-state index contributed by atoms with van der Waals surface area (Å²) in [5.41, 5.74) is 3.14. The molecule has 4 heteroatoms. The highest BCUT2D eigenvalue weighted by Gasteiger charge is 2.11. The Morgan fingerprint density at radius 3 is 2.23 bits per heavy atom. The van der Waals surface area contributed by atoms with E-state index in [2.05, 4.69) is 36.5 Å². The van der Waals surface area contributed by atoms with E-state index in [0.717, 1.165) is 17.9 Å². The molecule has 0 aliphatic rings. The van der Waals surface area contributed by atoms with Crippen LogP contribution >= 0.6 is 0 Å². The van der Waals surface area contributed by atoms with Gasteiger partial charge >= 0.3 is 0 Å². The smallest absolute Gasteiger partial charge is 0.279 e. The van der Waals surface area contributed by atoms with Gasteiger partial charge in [0.05, 0.1) is 7.05 Å². The lowest BCUT2D eigenvalue weighted by molar-refractivity contribution is -0.885. The number of rotatable bonds is 6. The van der Waals surface area contributed by atoms with E-state index in [9.17, 15) is 9.18 Å². The van der Waals surface area contributed by atoms with E-state index in [-0.39, 0.29) is 11.7 Å². The van der Waals surface area contributed by atoms with Crippen molar-refractivity contribution in [3.63, 3.8) is 0 Å². The summed E-state index contributed by atoms with van der Waals surface area (Å²) in [6.07, 6.45) is 1.03. The molecule has 3 nitrogen and oxygen atoms in total. The van der Waals surface area contributed by atoms with Crippen LogP contribution in [0.15, 0.2) is 48.5 Å². The van der Waals surface area contributed by atoms with Gasteiger partial charge in [0, 0.05) is 11.3 Å². The average Bonchev–Trinajstić information content (AvgIpc) is 2.50. The molecule has 0 bridgehead atoms. The first-order valence-electron chi connectivity index (χ1n) is 7.51. The van der Waals surface area contributed by atoms with Crippen molar-refractivity contribution < 1.29 is 14.1 Å². The Labute approximate surface area is 130 Å². The van der Waals surface area contributed by atoms with Crippen molar-refractivity contribution in [3.8, 4) is 0 Å². The zero-order chi connectivity index (χ0) is 15.9. The molecule has 0 heterocycles. The third kappa shape index (κ3) is 4.97. The van der Waals surface area contributed by atoms with E-state index in [1.807, 2.05) is 7.05 Å². The standard InChI is InChI=1S/C18H21FN2O/c1-3-14-4-6-15(7-5-14)12-21(2)13-18(22)20-17-10-8-16(19)9-11-17/h4-11H,3,12-13H2,1-2H3,(H,20,22)/p+1. The normalized spacial score (nSPS) is 12.0. The Balaban J connectivity index is 1.83. The van der Waals surface area contributed by atoms with Crippen LogP contribution < -0.4 is 10.2 Å². The number of amides is 1. The summed E-state index contributed by atoms with van der Waals surface area (Å²) in [4.78, 5) is 13.1. The largest absolute Gasteiger partial charge is 0.326 e. The molecule has 0 radical (unpaired) electrons.